The third kappa shape index (κ3) is 2.95. The summed E-state index contributed by atoms with van der Waals surface area (Å²) < 4.78 is 1.65. The molecule has 110 valence electrons. The van der Waals surface area contributed by atoms with Crippen LogP contribution in [0.2, 0.25) is 0 Å². The van der Waals surface area contributed by atoms with Crippen molar-refractivity contribution in [2.24, 2.45) is 5.92 Å². The first-order chi connectivity index (χ1) is 10.3. The van der Waals surface area contributed by atoms with E-state index in [1.165, 1.54) is 0 Å². The molecule has 0 aromatic carbocycles. The minimum absolute atomic E-state index is 0.0105. The number of nitrogens with zero attached hydrogens (tertiary/aromatic N) is 3. The number of hydrogen-bond donors (Lipinski definition) is 2. The van der Waals surface area contributed by atoms with Crippen molar-refractivity contribution in [1.29, 1.82) is 0 Å². The second kappa shape index (κ2) is 6.05. The predicted molar refractivity (Wildman–Crippen MR) is 80.2 cm³/mol. The van der Waals surface area contributed by atoms with Crippen molar-refractivity contribution in [2.75, 3.05) is 11.9 Å². The zero-order chi connectivity index (χ0) is 14.7. The fourth-order valence-corrected chi connectivity index (χ4v) is 2.68. The van der Waals surface area contributed by atoms with Gasteiger partial charge in [-0.25, -0.2) is 9.67 Å². The number of piperidine rings is 1. The molecule has 2 N–H and O–H groups in total. The van der Waals surface area contributed by atoms with Gasteiger partial charge < -0.3 is 10.6 Å². The van der Waals surface area contributed by atoms with Gasteiger partial charge >= 0.3 is 0 Å². The molecule has 1 fully saturated rings. The molecule has 3 heterocycles. The molecule has 3 rings (SSSR count). The summed E-state index contributed by atoms with van der Waals surface area (Å²) in [5.41, 5.74) is 0.672. The number of carbonyl (C=O) groups is 1. The van der Waals surface area contributed by atoms with Crippen molar-refractivity contribution in [3.63, 3.8) is 0 Å². The number of aromatic nitrogens is 3. The van der Waals surface area contributed by atoms with Gasteiger partial charge in [-0.1, -0.05) is 6.92 Å². The summed E-state index contributed by atoms with van der Waals surface area (Å²) >= 11 is 0. The van der Waals surface area contributed by atoms with Gasteiger partial charge in [0, 0.05) is 18.6 Å². The predicted octanol–water partition coefficient (Wildman–Crippen LogP) is 1.59. The number of pyridine rings is 1. The van der Waals surface area contributed by atoms with Gasteiger partial charge in [0.05, 0.1) is 11.7 Å². The molecule has 1 saturated heterocycles. The molecular formula is C15H19N5O. The SMILES string of the molecule is CC1CCCNC1C(=O)Nc1cccnc1-n1cccn1. The van der Waals surface area contributed by atoms with E-state index in [-0.39, 0.29) is 11.9 Å². The summed E-state index contributed by atoms with van der Waals surface area (Å²) in [4.78, 5) is 16.8. The zero-order valence-corrected chi connectivity index (χ0v) is 12.0. The number of hydrogen-bond acceptors (Lipinski definition) is 4. The van der Waals surface area contributed by atoms with E-state index in [0.717, 1.165) is 19.4 Å². The van der Waals surface area contributed by atoms with E-state index in [0.29, 0.717) is 17.4 Å². The van der Waals surface area contributed by atoms with Gasteiger partial charge in [0.1, 0.15) is 0 Å². The maximum absolute atomic E-state index is 12.5. The van der Waals surface area contributed by atoms with Crippen LogP contribution in [-0.4, -0.2) is 33.3 Å². The van der Waals surface area contributed by atoms with Crippen LogP contribution in [0.1, 0.15) is 19.8 Å². The van der Waals surface area contributed by atoms with E-state index in [4.69, 9.17) is 0 Å². The molecule has 1 amide bonds. The molecule has 6 nitrogen and oxygen atoms in total. The highest BCUT2D eigenvalue weighted by molar-refractivity contribution is 5.96. The monoisotopic (exact) mass is 285 g/mol. The van der Waals surface area contributed by atoms with E-state index >= 15 is 0 Å². The molecular weight excluding hydrogens is 266 g/mol. The number of anilines is 1. The molecule has 2 unspecified atom stereocenters. The number of carbonyl (C=O) groups excluding carboxylic acids is 1. The van der Waals surface area contributed by atoms with E-state index < -0.39 is 0 Å². The number of amides is 1. The maximum Gasteiger partial charge on any atom is 0.241 e. The average molecular weight is 285 g/mol. The Hall–Kier alpha value is -2.21. The fraction of sp³-hybridized carbons (Fsp3) is 0.400. The Bertz CT molecular complexity index is 610. The van der Waals surface area contributed by atoms with Crippen molar-refractivity contribution < 1.29 is 4.79 Å². The van der Waals surface area contributed by atoms with Gasteiger partial charge in [0.15, 0.2) is 5.82 Å². The summed E-state index contributed by atoms with van der Waals surface area (Å²) in [6.07, 6.45) is 7.37. The first-order valence-corrected chi connectivity index (χ1v) is 7.25. The van der Waals surface area contributed by atoms with Gasteiger partial charge in [0.25, 0.3) is 0 Å². The fourth-order valence-electron chi connectivity index (χ4n) is 2.68. The highest BCUT2D eigenvalue weighted by Crippen LogP contribution is 2.20. The van der Waals surface area contributed by atoms with Crippen LogP contribution in [0.4, 0.5) is 5.69 Å². The Morgan fingerprint density at radius 1 is 1.43 bits per heavy atom. The van der Waals surface area contributed by atoms with Crippen LogP contribution in [0.15, 0.2) is 36.8 Å². The standard InChI is InChI=1S/C15H19N5O/c1-11-5-2-7-16-13(11)15(21)19-12-6-3-8-17-14(12)20-10-4-9-18-20/h3-4,6,8-11,13,16H,2,5,7H2,1H3,(H,19,21). The molecule has 0 saturated carbocycles. The molecule has 2 aromatic heterocycles. The van der Waals surface area contributed by atoms with Crippen LogP contribution in [-0.2, 0) is 4.79 Å². The highest BCUT2D eigenvalue weighted by Gasteiger charge is 2.27. The van der Waals surface area contributed by atoms with Crippen molar-refractivity contribution in [2.45, 2.75) is 25.8 Å². The van der Waals surface area contributed by atoms with Gasteiger partial charge in [-0.2, -0.15) is 5.10 Å². The van der Waals surface area contributed by atoms with Crippen LogP contribution >= 0.6 is 0 Å². The van der Waals surface area contributed by atoms with Gasteiger partial charge in [-0.3, -0.25) is 4.79 Å². The van der Waals surface area contributed by atoms with Crippen LogP contribution in [0.3, 0.4) is 0 Å². The molecule has 2 aromatic rings. The van der Waals surface area contributed by atoms with Gasteiger partial charge in [-0.15, -0.1) is 0 Å². The minimum atomic E-state index is -0.149. The number of nitrogens with one attached hydrogen (secondary N) is 2. The second-order valence-corrected chi connectivity index (χ2v) is 5.37. The van der Waals surface area contributed by atoms with Crippen LogP contribution in [0.25, 0.3) is 5.82 Å². The Labute approximate surface area is 123 Å². The Balaban J connectivity index is 1.80. The second-order valence-electron chi connectivity index (χ2n) is 5.37. The molecule has 6 heteroatoms. The quantitative estimate of drug-likeness (QED) is 0.898. The molecule has 21 heavy (non-hydrogen) atoms. The Morgan fingerprint density at radius 3 is 3.10 bits per heavy atom. The van der Waals surface area contributed by atoms with E-state index in [2.05, 4.69) is 27.6 Å². The highest BCUT2D eigenvalue weighted by atomic mass is 16.2. The van der Waals surface area contributed by atoms with Crippen LogP contribution in [0.5, 0.6) is 0 Å². The lowest BCUT2D eigenvalue weighted by Crippen LogP contribution is -2.48. The summed E-state index contributed by atoms with van der Waals surface area (Å²) in [5.74, 6) is 0.950. The average Bonchev–Trinajstić information content (AvgIpc) is 3.02. The molecule has 0 aliphatic carbocycles. The Morgan fingerprint density at radius 2 is 2.33 bits per heavy atom. The lowest BCUT2D eigenvalue weighted by molar-refractivity contribution is -0.119. The van der Waals surface area contributed by atoms with Crippen molar-refractivity contribution >= 4 is 11.6 Å². The molecule has 0 radical (unpaired) electrons. The topological polar surface area (TPSA) is 71.8 Å². The van der Waals surface area contributed by atoms with Gasteiger partial charge in [-0.05, 0) is 43.5 Å². The molecule has 1 aliphatic heterocycles. The number of rotatable bonds is 3. The van der Waals surface area contributed by atoms with Crippen molar-refractivity contribution in [3.05, 3.63) is 36.8 Å². The van der Waals surface area contributed by atoms with Gasteiger partial charge in [0.2, 0.25) is 5.91 Å². The first kappa shape index (κ1) is 13.8. The maximum atomic E-state index is 12.5. The molecule has 0 bridgehead atoms. The normalized spacial score (nSPS) is 22.0. The Kier molecular flexibility index (Phi) is 3.96. The summed E-state index contributed by atoms with van der Waals surface area (Å²) in [7, 11) is 0. The summed E-state index contributed by atoms with van der Waals surface area (Å²) in [6.45, 7) is 3.00. The van der Waals surface area contributed by atoms with Crippen LogP contribution < -0.4 is 10.6 Å². The zero-order valence-electron chi connectivity index (χ0n) is 12.0. The lowest BCUT2D eigenvalue weighted by atomic mass is 9.92. The van der Waals surface area contributed by atoms with E-state index in [9.17, 15) is 4.79 Å². The van der Waals surface area contributed by atoms with E-state index in [1.807, 2.05) is 12.1 Å². The van der Waals surface area contributed by atoms with Crippen molar-refractivity contribution in [3.8, 4) is 5.82 Å². The largest absolute Gasteiger partial charge is 0.322 e. The summed E-state index contributed by atoms with van der Waals surface area (Å²) in [5, 5.41) is 10.4. The smallest absolute Gasteiger partial charge is 0.241 e. The third-order valence-electron chi connectivity index (χ3n) is 3.82. The van der Waals surface area contributed by atoms with E-state index in [1.54, 1.807) is 29.3 Å². The molecule has 1 aliphatic rings. The van der Waals surface area contributed by atoms with Crippen LogP contribution in [0, 0.1) is 5.92 Å². The first-order valence-electron chi connectivity index (χ1n) is 7.25. The molecule has 0 spiro atoms. The third-order valence-corrected chi connectivity index (χ3v) is 3.82. The lowest BCUT2D eigenvalue weighted by Gasteiger charge is -2.29. The molecule has 2 atom stereocenters. The minimum Gasteiger partial charge on any atom is -0.322 e. The van der Waals surface area contributed by atoms with Crippen molar-refractivity contribution in [1.82, 2.24) is 20.1 Å². The summed E-state index contributed by atoms with van der Waals surface area (Å²) in [6, 6.07) is 5.32.